The van der Waals surface area contributed by atoms with Crippen LogP contribution in [0.4, 0.5) is 0 Å². The van der Waals surface area contributed by atoms with E-state index in [4.69, 9.17) is 0 Å². The molecule has 0 amide bonds. The summed E-state index contributed by atoms with van der Waals surface area (Å²) in [6.45, 7) is 4.66. The Morgan fingerprint density at radius 2 is 2.21 bits per heavy atom. The van der Waals surface area contributed by atoms with Crippen LogP contribution < -0.4 is 0 Å². The van der Waals surface area contributed by atoms with Gasteiger partial charge < -0.3 is 9.69 Å². The Hall–Kier alpha value is -0.740. The lowest BCUT2D eigenvalue weighted by molar-refractivity contribution is -0.111. The van der Waals surface area contributed by atoms with Crippen molar-refractivity contribution in [2.24, 2.45) is 0 Å². The van der Waals surface area contributed by atoms with Crippen molar-refractivity contribution in [1.29, 1.82) is 0 Å². The van der Waals surface area contributed by atoms with E-state index >= 15 is 0 Å². The minimum atomic E-state index is -0.449. The van der Waals surface area contributed by atoms with Gasteiger partial charge in [0, 0.05) is 17.6 Å². The predicted molar refractivity (Wildman–Crippen MR) is 58.6 cm³/mol. The Bertz CT molecular complexity index is 318. The highest BCUT2D eigenvalue weighted by atomic mass is 32.1. The smallest absolute Gasteiger partial charge is 0.132 e. The highest BCUT2D eigenvalue weighted by molar-refractivity contribution is 7.11. The van der Waals surface area contributed by atoms with Gasteiger partial charge in [-0.15, -0.1) is 11.3 Å². The van der Waals surface area contributed by atoms with Crippen LogP contribution >= 0.6 is 11.3 Å². The summed E-state index contributed by atoms with van der Waals surface area (Å²) < 4.78 is 0. The van der Waals surface area contributed by atoms with Crippen molar-refractivity contribution < 1.29 is 4.79 Å². The zero-order valence-corrected chi connectivity index (χ0v) is 9.89. The number of hydrogen-bond donors (Lipinski definition) is 0. The molecule has 1 aromatic rings. The highest BCUT2D eigenvalue weighted by Gasteiger charge is 2.23. The molecule has 0 bridgehead atoms. The number of thiazole rings is 1. The van der Waals surface area contributed by atoms with E-state index in [1.165, 1.54) is 4.88 Å². The van der Waals surface area contributed by atoms with Gasteiger partial charge in [-0.05, 0) is 27.9 Å². The molecule has 0 fully saturated rings. The quantitative estimate of drug-likeness (QED) is 0.712. The molecule has 0 aromatic carbocycles. The van der Waals surface area contributed by atoms with E-state index in [1.807, 2.05) is 34.1 Å². The van der Waals surface area contributed by atoms with Gasteiger partial charge in [-0.2, -0.15) is 0 Å². The van der Waals surface area contributed by atoms with Gasteiger partial charge in [-0.1, -0.05) is 0 Å². The lowest BCUT2D eigenvalue weighted by Gasteiger charge is -2.12. The fourth-order valence-electron chi connectivity index (χ4n) is 1.04. The molecule has 3 nitrogen and oxygen atoms in total. The molecule has 1 heterocycles. The first kappa shape index (κ1) is 11.3. The number of hydrogen-bond acceptors (Lipinski definition) is 4. The molecule has 0 atom stereocenters. The van der Waals surface area contributed by atoms with E-state index in [0.29, 0.717) is 0 Å². The third-order valence-corrected chi connectivity index (χ3v) is 3.19. The first-order valence-electron chi connectivity index (χ1n) is 4.52. The standard InChI is InChI=1S/C10H16N2OS/c1-10(2,7-13)9-11-5-8(14-9)6-12(3)4/h5,7H,6H2,1-4H3. The van der Waals surface area contributed by atoms with Gasteiger partial charge in [-0.3, -0.25) is 0 Å². The molecule has 0 saturated carbocycles. The normalized spacial score (nSPS) is 12.1. The van der Waals surface area contributed by atoms with Crippen LogP contribution in [0.5, 0.6) is 0 Å². The van der Waals surface area contributed by atoms with Gasteiger partial charge in [0.2, 0.25) is 0 Å². The first-order valence-corrected chi connectivity index (χ1v) is 5.33. The van der Waals surface area contributed by atoms with Crippen LogP contribution in [0.1, 0.15) is 23.7 Å². The van der Waals surface area contributed by atoms with Gasteiger partial charge in [-0.25, -0.2) is 4.98 Å². The third-order valence-electron chi connectivity index (χ3n) is 1.87. The third kappa shape index (κ3) is 2.62. The molecule has 0 unspecified atom stereocenters. The molecule has 0 N–H and O–H groups in total. The lowest BCUT2D eigenvalue weighted by Crippen LogP contribution is -2.17. The lowest BCUT2D eigenvalue weighted by atomic mass is 9.97. The van der Waals surface area contributed by atoms with Gasteiger partial charge in [0.25, 0.3) is 0 Å². The van der Waals surface area contributed by atoms with Crippen LogP contribution in [0.2, 0.25) is 0 Å². The van der Waals surface area contributed by atoms with Gasteiger partial charge in [0.15, 0.2) is 0 Å². The summed E-state index contributed by atoms with van der Waals surface area (Å²) in [5, 5.41) is 0.893. The topological polar surface area (TPSA) is 33.2 Å². The maximum Gasteiger partial charge on any atom is 0.132 e. The predicted octanol–water partition coefficient (Wildman–Crippen LogP) is 1.68. The van der Waals surface area contributed by atoms with Crippen molar-refractivity contribution in [2.75, 3.05) is 14.1 Å². The van der Waals surface area contributed by atoms with Crippen LogP contribution in [0, 0.1) is 0 Å². The van der Waals surface area contributed by atoms with Crippen LogP contribution in [-0.2, 0) is 16.8 Å². The minimum absolute atomic E-state index is 0.449. The Kier molecular flexibility index (Phi) is 3.39. The molecule has 0 aliphatic heterocycles. The molecule has 0 saturated heterocycles. The average Bonchev–Trinajstić information content (AvgIpc) is 2.52. The molecular weight excluding hydrogens is 196 g/mol. The molecule has 0 spiro atoms. The van der Waals surface area contributed by atoms with Crippen LogP contribution in [-0.4, -0.2) is 30.3 Å². The number of aldehydes is 1. The molecule has 0 aliphatic carbocycles. The molecule has 1 rings (SSSR count). The fraction of sp³-hybridized carbons (Fsp3) is 0.600. The maximum absolute atomic E-state index is 10.8. The van der Waals surface area contributed by atoms with Gasteiger partial charge >= 0.3 is 0 Å². The summed E-state index contributed by atoms with van der Waals surface area (Å²) in [6.07, 6.45) is 2.80. The second-order valence-electron chi connectivity index (χ2n) is 4.21. The molecule has 78 valence electrons. The van der Waals surface area contributed by atoms with Gasteiger partial charge in [0.1, 0.15) is 11.3 Å². The van der Waals surface area contributed by atoms with E-state index in [1.54, 1.807) is 11.3 Å². The summed E-state index contributed by atoms with van der Waals surface area (Å²) in [5.41, 5.74) is -0.449. The SMILES string of the molecule is CN(C)Cc1cnc(C(C)(C)C=O)s1. The molecule has 0 aliphatic rings. The Labute approximate surface area is 88.8 Å². The number of nitrogens with zero attached hydrogens (tertiary/aromatic N) is 2. The summed E-state index contributed by atoms with van der Waals surface area (Å²) in [7, 11) is 4.04. The molecule has 14 heavy (non-hydrogen) atoms. The van der Waals surface area contributed by atoms with E-state index in [9.17, 15) is 4.79 Å². The van der Waals surface area contributed by atoms with Crippen molar-refractivity contribution in [3.05, 3.63) is 16.1 Å². The van der Waals surface area contributed by atoms with E-state index < -0.39 is 5.41 Å². The summed E-state index contributed by atoms with van der Waals surface area (Å²) in [5.74, 6) is 0. The summed E-state index contributed by atoms with van der Waals surface area (Å²) >= 11 is 1.61. The van der Waals surface area contributed by atoms with Crippen molar-refractivity contribution in [3.63, 3.8) is 0 Å². The van der Waals surface area contributed by atoms with Crippen molar-refractivity contribution in [2.45, 2.75) is 25.8 Å². The molecule has 1 aromatic heterocycles. The van der Waals surface area contributed by atoms with Crippen molar-refractivity contribution in [3.8, 4) is 0 Å². The Morgan fingerprint density at radius 3 is 2.71 bits per heavy atom. The van der Waals surface area contributed by atoms with E-state index in [2.05, 4.69) is 9.88 Å². The Morgan fingerprint density at radius 1 is 1.57 bits per heavy atom. The first-order chi connectivity index (χ1) is 6.45. The molecule has 4 heteroatoms. The average molecular weight is 212 g/mol. The molecule has 0 radical (unpaired) electrons. The monoisotopic (exact) mass is 212 g/mol. The number of carbonyl (C=O) groups is 1. The highest BCUT2D eigenvalue weighted by Crippen LogP contribution is 2.25. The fourth-order valence-corrected chi connectivity index (χ4v) is 2.13. The van der Waals surface area contributed by atoms with Crippen molar-refractivity contribution >= 4 is 17.6 Å². The zero-order valence-electron chi connectivity index (χ0n) is 9.07. The van der Waals surface area contributed by atoms with Gasteiger partial charge in [0.05, 0.1) is 5.41 Å². The Balaban J connectivity index is 2.82. The number of rotatable bonds is 4. The number of aromatic nitrogens is 1. The van der Waals surface area contributed by atoms with Crippen LogP contribution in [0.15, 0.2) is 6.20 Å². The zero-order chi connectivity index (χ0) is 10.8. The summed E-state index contributed by atoms with van der Waals surface area (Å²) in [6, 6.07) is 0. The van der Waals surface area contributed by atoms with E-state index in [0.717, 1.165) is 17.8 Å². The maximum atomic E-state index is 10.8. The van der Waals surface area contributed by atoms with Crippen LogP contribution in [0.25, 0.3) is 0 Å². The van der Waals surface area contributed by atoms with E-state index in [-0.39, 0.29) is 0 Å². The second kappa shape index (κ2) is 4.19. The largest absolute Gasteiger partial charge is 0.304 e. The van der Waals surface area contributed by atoms with Crippen LogP contribution in [0.3, 0.4) is 0 Å². The summed E-state index contributed by atoms with van der Waals surface area (Å²) in [4.78, 5) is 18.4. The minimum Gasteiger partial charge on any atom is -0.304 e. The number of carbonyl (C=O) groups excluding carboxylic acids is 1. The second-order valence-corrected chi connectivity index (χ2v) is 5.32. The molecular formula is C10H16N2OS. The van der Waals surface area contributed by atoms with Crippen molar-refractivity contribution in [1.82, 2.24) is 9.88 Å².